The molecule has 1 amide bonds. The number of para-hydroxylation sites is 1. The molecule has 6 nitrogen and oxygen atoms in total. The van der Waals surface area contributed by atoms with Crippen molar-refractivity contribution in [1.29, 1.82) is 0 Å². The molecule has 1 aromatic rings. The van der Waals surface area contributed by atoms with Gasteiger partial charge in [0.05, 0.1) is 19.4 Å². The third-order valence-corrected chi connectivity index (χ3v) is 5.88. The second kappa shape index (κ2) is 7.27. The molecule has 0 aliphatic carbocycles. The van der Waals surface area contributed by atoms with Crippen LogP contribution in [0, 0.1) is 0 Å². The van der Waals surface area contributed by atoms with E-state index in [0.29, 0.717) is 19.6 Å². The van der Waals surface area contributed by atoms with Crippen LogP contribution in [0.25, 0.3) is 0 Å². The van der Waals surface area contributed by atoms with E-state index in [-0.39, 0.29) is 12.1 Å². The van der Waals surface area contributed by atoms with Crippen LogP contribution in [0.4, 0.5) is 5.69 Å². The molecule has 0 radical (unpaired) electrons. The number of carbonyl (C=O) groups excluding carboxylic acids is 1. The van der Waals surface area contributed by atoms with E-state index in [9.17, 15) is 9.36 Å². The molecule has 7 heteroatoms. The lowest BCUT2D eigenvalue weighted by Gasteiger charge is -2.33. The lowest BCUT2D eigenvalue weighted by atomic mass is 9.88. The number of fused-ring (bicyclic) bond motifs is 1. The summed E-state index contributed by atoms with van der Waals surface area (Å²) in [6.45, 7) is 4.22. The zero-order chi connectivity index (χ0) is 16.2. The number of hydrogen-bond donors (Lipinski definition) is 2. The van der Waals surface area contributed by atoms with Gasteiger partial charge in [0.1, 0.15) is 6.04 Å². The molecule has 0 unspecified atom stereocenters. The van der Waals surface area contributed by atoms with Gasteiger partial charge in [-0.15, -0.1) is 0 Å². The smallest absolute Gasteiger partial charge is 0.331 e. The van der Waals surface area contributed by atoms with E-state index in [4.69, 9.17) is 14.8 Å². The van der Waals surface area contributed by atoms with Crippen molar-refractivity contribution < 1.29 is 18.4 Å². The van der Waals surface area contributed by atoms with Crippen LogP contribution < -0.4 is 11.1 Å². The van der Waals surface area contributed by atoms with Crippen LogP contribution in [0.3, 0.4) is 0 Å². The molecule has 0 fully saturated rings. The number of nitrogens with one attached hydrogen (secondary N) is 1. The van der Waals surface area contributed by atoms with Gasteiger partial charge in [-0.1, -0.05) is 18.2 Å². The van der Waals surface area contributed by atoms with E-state index in [2.05, 4.69) is 5.32 Å². The molecule has 0 spiro atoms. The van der Waals surface area contributed by atoms with Crippen LogP contribution in [-0.4, -0.2) is 31.3 Å². The summed E-state index contributed by atoms with van der Waals surface area (Å²) in [6, 6.07) is 7.19. The molecule has 2 atom stereocenters. The van der Waals surface area contributed by atoms with Gasteiger partial charge in [0.2, 0.25) is 5.91 Å². The molecule has 3 N–H and O–H groups in total. The van der Waals surface area contributed by atoms with Gasteiger partial charge in [-0.05, 0) is 37.8 Å². The summed E-state index contributed by atoms with van der Waals surface area (Å²) < 4.78 is 23.5. The number of hydrogen-bond acceptors (Lipinski definition) is 5. The van der Waals surface area contributed by atoms with Crippen LogP contribution in [0.2, 0.25) is 0 Å². The van der Waals surface area contributed by atoms with Gasteiger partial charge >= 0.3 is 7.60 Å². The first-order chi connectivity index (χ1) is 10.5. The molecule has 1 heterocycles. The highest BCUT2D eigenvalue weighted by molar-refractivity contribution is 7.53. The Bertz CT molecular complexity index is 568. The Hall–Kier alpha value is -1.36. The fourth-order valence-electron chi connectivity index (χ4n) is 2.81. The maximum Gasteiger partial charge on any atom is 0.331 e. The third kappa shape index (κ3) is 3.88. The molecule has 1 aromatic carbocycles. The monoisotopic (exact) mass is 326 g/mol. The summed E-state index contributed by atoms with van der Waals surface area (Å²) in [5, 5.41) is 3.13. The van der Waals surface area contributed by atoms with Crippen LogP contribution in [-0.2, 0) is 18.4 Å². The van der Waals surface area contributed by atoms with Crippen LogP contribution in [0.5, 0.6) is 0 Å². The van der Waals surface area contributed by atoms with E-state index in [1.54, 1.807) is 13.8 Å². The molecule has 0 bridgehead atoms. The van der Waals surface area contributed by atoms with E-state index in [0.717, 1.165) is 11.3 Å². The van der Waals surface area contributed by atoms with Gasteiger partial charge < -0.3 is 20.1 Å². The number of amides is 1. The van der Waals surface area contributed by atoms with Crippen molar-refractivity contribution in [2.75, 3.05) is 24.7 Å². The summed E-state index contributed by atoms with van der Waals surface area (Å²) >= 11 is 0. The fraction of sp³-hybridized carbons (Fsp3) is 0.533. The third-order valence-electron chi connectivity index (χ3n) is 3.69. The average molecular weight is 326 g/mol. The predicted octanol–water partition coefficient (Wildman–Crippen LogP) is 2.71. The van der Waals surface area contributed by atoms with Crippen LogP contribution in [0.15, 0.2) is 24.3 Å². The van der Waals surface area contributed by atoms with Gasteiger partial charge in [0, 0.05) is 5.69 Å². The maximum absolute atomic E-state index is 12.8. The molecule has 1 aliphatic heterocycles. The second-order valence-corrected chi connectivity index (χ2v) is 7.35. The minimum Gasteiger partial charge on any atom is -0.373 e. The zero-order valence-corrected chi connectivity index (χ0v) is 13.8. The Morgan fingerprint density at radius 2 is 1.95 bits per heavy atom. The second-order valence-electron chi connectivity index (χ2n) is 5.25. The molecular weight excluding hydrogens is 303 g/mol. The summed E-state index contributed by atoms with van der Waals surface area (Å²) in [7, 11) is -3.18. The van der Waals surface area contributed by atoms with Crippen LogP contribution in [0.1, 0.15) is 31.7 Å². The molecule has 0 saturated heterocycles. The first-order valence-corrected chi connectivity index (χ1v) is 9.24. The minimum absolute atomic E-state index is 0.0983. The first kappa shape index (κ1) is 17.0. The predicted molar refractivity (Wildman–Crippen MR) is 86.1 cm³/mol. The molecule has 0 aromatic heterocycles. The lowest BCUT2D eigenvalue weighted by Crippen LogP contribution is -2.40. The van der Waals surface area contributed by atoms with Crippen molar-refractivity contribution in [1.82, 2.24) is 0 Å². The largest absolute Gasteiger partial charge is 0.373 e. The Labute approximate surface area is 130 Å². The topological polar surface area (TPSA) is 90.7 Å². The average Bonchev–Trinajstić information content (AvgIpc) is 2.47. The van der Waals surface area contributed by atoms with Crippen LogP contribution >= 0.6 is 7.60 Å². The minimum atomic E-state index is -3.18. The van der Waals surface area contributed by atoms with E-state index < -0.39 is 19.5 Å². The van der Waals surface area contributed by atoms with Gasteiger partial charge in [-0.3, -0.25) is 9.36 Å². The van der Waals surface area contributed by atoms with Crippen molar-refractivity contribution >= 4 is 19.2 Å². The van der Waals surface area contributed by atoms with Crippen molar-refractivity contribution in [2.24, 2.45) is 5.73 Å². The van der Waals surface area contributed by atoms with Gasteiger partial charge in [0.15, 0.2) is 0 Å². The molecule has 2 rings (SSSR count). The summed E-state index contributed by atoms with van der Waals surface area (Å²) in [6.07, 6.45) is 0.730. The highest BCUT2D eigenvalue weighted by Crippen LogP contribution is 2.53. The summed E-state index contributed by atoms with van der Waals surface area (Å²) in [4.78, 5) is 11.6. The van der Waals surface area contributed by atoms with E-state index in [1.807, 2.05) is 24.3 Å². The maximum atomic E-state index is 12.8. The molecular formula is C15H23N2O4P. The Kier molecular flexibility index (Phi) is 5.62. The SMILES string of the molecule is CCOP(=O)(C[C@H]1C[C@@H](C(N)=O)Nc2ccccc21)OCC. The highest BCUT2D eigenvalue weighted by Gasteiger charge is 2.35. The summed E-state index contributed by atoms with van der Waals surface area (Å²) in [5.74, 6) is -0.513. The van der Waals surface area contributed by atoms with Gasteiger partial charge in [-0.25, -0.2) is 0 Å². The van der Waals surface area contributed by atoms with Crippen molar-refractivity contribution in [2.45, 2.75) is 32.2 Å². The number of primary amides is 1. The molecule has 1 aliphatic rings. The first-order valence-electron chi connectivity index (χ1n) is 7.52. The van der Waals surface area contributed by atoms with Crippen molar-refractivity contribution in [3.05, 3.63) is 29.8 Å². The molecule has 0 saturated carbocycles. The van der Waals surface area contributed by atoms with E-state index in [1.165, 1.54) is 0 Å². The number of anilines is 1. The lowest BCUT2D eigenvalue weighted by molar-refractivity contribution is -0.119. The van der Waals surface area contributed by atoms with Gasteiger partial charge in [0.25, 0.3) is 0 Å². The Morgan fingerprint density at radius 3 is 2.55 bits per heavy atom. The summed E-state index contributed by atoms with van der Waals surface area (Å²) in [5.41, 5.74) is 7.30. The zero-order valence-electron chi connectivity index (χ0n) is 13.0. The number of carbonyl (C=O) groups is 1. The van der Waals surface area contributed by atoms with Crippen molar-refractivity contribution in [3.63, 3.8) is 0 Å². The number of nitrogens with two attached hydrogens (primary N) is 1. The molecule has 122 valence electrons. The van der Waals surface area contributed by atoms with E-state index >= 15 is 0 Å². The fourth-order valence-corrected chi connectivity index (χ4v) is 4.77. The Morgan fingerprint density at radius 1 is 1.32 bits per heavy atom. The number of benzene rings is 1. The standard InChI is InChI=1S/C15H23N2O4P/c1-3-20-22(19,21-4-2)10-11-9-14(15(16)18)17-13-8-6-5-7-12(11)13/h5-8,11,14,17H,3-4,9-10H2,1-2H3,(H2,16,18)/t11-,14+/m1/s1. The number of rotatable bonds is 7. The highest BCUT2D eigenvalue weighted by atomic mass is 31.2. The molecule has 22 heavy (non-hydrogen) atoms. The quantitative estimate of drug-likeness (QED) is 0.752. The van der Waals surface area contributed by atoms with Crippen molar-refractivity contribution in [3.8, 4) is 0 Å². The normalized spacial score (nSPS) is 21.0. The van der Waals surface area contributed by atoms with Gasteiger partial charge in [-0.2, -0.15) is 0 Å². The Balaban J connectivity index is 2.28.